The average molecular weight is 377 g/mol. The first-order chi connectivity index (χ1) is 13.5. The number of piperazine rings is 1. The van der Waals surface area contributed by atoms with Crippen LogP contribution >= 0.6 is 0 Å². The molecule has 1 saturated heterocycles. The van der Waals surface area contributed by atoms with Crippen molar-refractivity contribution < 1.29 is 4.39 Å². The van der Waals surface area contributed by atoms with E-state index in [0.29, 0.717) is 5.56 Å². The van der Waals surface area contributed by atoms with Gasteiger partial charge in [0.05, 0.1) is 16.9 Å². The molecule has 0 aliphatic carbocycles. The van der Waals surface area contributed by atoms with Gasteiger partial charge in [0, 0.05) is 37.9 Å². The molecule has 0 spiro atoms. The number of hydrogen-bond acceptors (Lipinski definition) is 6. The fraction of sp³-hybridized carbons (Fsp3) is 0.300. The maximum absolute atomic E-state index is 13.4. The molecule has 0 atom stereocenters. The van der Waals surface area contributed by atoms with Gasteiger partial charge in [-0.25, -0.2) is 19.0 Å². The summed E-state index contributed by atoms with van der Waals surface area (Å²) < 4.78 is 15.2. The molecule has 4 rings (SSSR count). The number of nitrogens with zero attached hydrogens (tertiary/aromatic N) is 7. The van der Waals surface area contributed by atoms with Crippen LogP contribution in [0.2, 0.25) is 0 Å². The van der Waals surface area contributed by atoms with Gasteiger partial charge in [-0.3, -0.25) is 0 Å². The quantitative estimate of drug-likeness (QED) is 0.699. The summed E-state index contributed by atoms with van der Waals surface area (Å²) in [6.45, 7) is 6.89. The first-order valence-corrected chi connectivity index (χ1v) is 9.10. The van der Waals surface area contributed by atoms with Crippen molar-refractivity contribution in [2.24, 2.45) is 0 Å². The summed E-state index contributed by atoms with van der Waals surface area (Å²) in [6.07, 6.45) is 1.56. The summed E-state index contributed by atoms with van der Waals surface area (Å²) in [6, 6.07) is 10.4. The Balaban J connectivity index is 1.51. The van der Waals surface area contributed by atoms with E-state index in [1.165, 1.54) is 12.1 Å². The first kappa shape index (κ1) is 17.9. The van der Waals surface area contributed by atoms with Crippen LogP contribution in [0.25, 0.3) is 5.82 Å². The van der Waals surface area contributed by atoms with E-state index in [4.69, 9.17) is 0 Å². The molecule has 8 heteroatoms. The molecule has 1 aliphatic heterocycles. The van der Waals surface area contributed by atoms with Crippen LogP contribution in [-0.2, 0) is 0 Å². The van der Waals surface area contributed by atoms with Crippen molar-refractivity contribution in [3.63, 3.8) is 0 Å². The number of nitriles is 1. The van der Waals surface area contributed by atoms with Crippen molar-refractivity contribution in [1.82, 2.24) is 19.7 Å². The SMILES string of the molecule is Cc1cc(C)n(-c2cc(N3CCN(c4ccc(F)cc4C#N)CC3)ncn2)n1. The highest BCUT2D eigenvalue weighted by Crippen LogP contribution is 2.24. The molecule has 0 saturated carbocycles. The fourth-order valence-corrected chi connectivity index (χ4v) is 3.54. The first-order valence-electron chi connectivity index (χ1n) is 9.10. The number of benzene rings is 1. The third-order valence-electron chi connectivity index (χ3n) is 4.89. The number of anilines is 2. The molecule has 0 bridgehead atoms. The molecule has 0 radical (unpaired) electrons. The van der Waals surface area contributed by atoms with Gasteiger partial charge in [-0.1, -0.05) is 0 Å². The number of rotatable bonds is 3. The van der Waals surface area contributed by atoms with Gasteiger partial charge in [0.2, 0.25) is 0 Å². The third-order valence-corrected chi connectivity index (χ3v) is 4.89. The lowest BCUT2D eigenvalue weighted by molar-refractivity contribution is 0.623. The number of halogens is 1. The topological polar surface area (TPSA) is 73.9 Å². The normalized spacial score (nSPS) is 14.2. The lowest BCUT2D eigenvalue weighted by Crippen LogP contribution is -2.47. The zero-order chi connectivity index (χ0) is 19.7. The Morgan fingerprint density at radius 3 is 2.36 bits per heavy atom. The highest BCUT2D eigenvalue weighted by atomic mass is 19.1. The molecule has 1 fully saturated rings. The van der Waals surface area contributed by atoms with Crippen molar-refractivity contribution in [3.8, 4) is 11.9 Å². The summed E-state index contributed by atoms with van der Waals surface area (Å²) in [4.78, 5) is 13.1. The lowest BCUT2D eigenvalue weighted by Gasteiger charge is -2.37. The lowest BCUT2D eigenvalue weighted by atomic mass is 10.1. The highest BCUT2D eigenvalue weighted by molar-refractivity contribution is 5.60. The van der Waals surface area contributed by atoms with E-state index in [0.717, 1.165) is 54.9 Å². The summed E-state index contributed by atoms with van der Waals surface area (Å²) in [5.41, 5.74) is 3.10. The molecule has 0 N–H and O–H groups in total. The zero-order valence-electron chi connectivity index (χ0n) is 15.8. The van der Waals surface area contributed by atoms with Gasteiger partial charge >= 0.3 is 0 Å². The highest BCUT2D eigenvalue weighted by Gasteiger charge is 2.21. The monoisotopic (exact) mass is 377 g/mol. The maximum atomic E-state index is 13.4. The van der Waals surface area contributed by atoms with Crippen LogP contribution in [0.4, 0.5) is 15.9 Å². The molecule has 3 aromatic rings. The van der Waals surface area contributed by atoms with Gasteiger partial charge < -0.3 is 9.80 Å². The van der Waals surface area contributed by atoms with Crippen molar-refractivity contribution in [2.75, 3.05) is 36.0 Å². The van der Waals surface area contributed by atoms with E-state index in [9.17, 15) is 9.65 Å². The second kappa shape index (κ2) is 7.27. The fourth-order valence-electron chi connectivity index (χ4n) is 3.54. The minimum Gasteiger partial charge on any atom is -0.367 e. The van der Waals surface area contributed by atoms with E-state index >= 15 is 0 Å². The summed E-state index contributed by atoms with van der Waals surface area (Å²) in [5.74, 6) is 1.19. The summed E-state index contributed by atoms with van der Waals surface area (Å²) in [5, 5.41) is 13.8. The van der Waals surface area contributed by atoms with Crippen LogP contribution in [0.1, 0.15) is 17.0 Å². The Labute approximate surface area is 162 Å². The van der Waals surface area contributed by atoms with E-state index in [1.54, 1.807) is 12.4 Å². The van der Waals surface area contributed by atoms with Crippen LogP contribution < -0.4 is 9.80 Å². The number of hydrogen-bond donors (Lipinski definition) is 0. The number of aromatic nitrogens is 4. The van der Waals surface area contributed by atoms with Gasteiger partial charge in [-0.05, 0) is 38.1 Å². The molecule has 1 aromatic carbocycles. The van der Waals surface area contributed by atoms with Gasteiger partial charge in [-0.15, -0.1) is 0 Å². The molecular formula is C20H20FN7. The Morgan fingerprint density at radius 1 is 0.964 bits per heavy atom. The molecule has 7 nitrogen and oxygen atoms in total. The average Bonchev–Trinajstić information content (AvgIpc) is 3.06. The minimum atomic E-state index is -0.392. The van der Waals surface area contributed by atoms with Crippen LogP contribution in [0, 0.1) is 31.0 Å². The predicted molar refractivity (Wildman–Crippen MR) is 104 cm³/mol. The Kier molecular flexibility index (Phi) is 4.65. The maximum Gasteiger partial charge on any atom is 0.159 e. The van der Waals surface area contributed by atoms with Gasteiger partial charge in [0.1, 0.15) is 24.0 Å². The standard InChI is InChI=1S/C20H20FN7/c1-14-9-15(2)28(25-14)20-11-19(23-13-24-20)27-7-5-26(6-8-27)18-4-3-17(21)10-16(18)12-22/h3-4,9-11,13H,5-8H2,1-2H3. The molecule has 0 unspecified atom stereocenters. The smallest absolute Gasteiger partial charge is 0.159 e. The van der Waals surface area contributed by atoms with Crippen LogP contribution in [0.15, 0.2) is 36.7 Å². The van der Waals surface area contributed by atoms with Gasteiger partial charge in [-0.2, -0.15) is 10.4 Å². The molecule has 3 heterocycles. The van der Waals surface area contributed by atoms with Crippen LogP contribution in [-0.4, -0.2) is 45.9 Å². The third kappa shape index (κ3) is 3.39. The summed E-state index contributed by atoms with van der Waals surface area (Å²) >= 11 is 0. The minimum absolute atomic E-state index is 0.363. The molecule has 142 valence electrons. The molecule has 28 heavy (non-hydrogen) atoms. The van der Waals surface area contributed by atoms with Gasteiger partial charge in [0.15, 0.2) is 5.82 Å². The zero-order valence-corrected chi connectivity index (χ0v) is 15.8. The van der Waals surface area contributed by atoms with E-state index < -0.39 is 5.82 Å². The van der Waals surface area contributed by atoms with Crippen LogP contribution in [0.5, 0.6) is 0 Å². The van der Waals surface area contributed by atoms with Crippen molar-refractivity contribution >= 4 is 11.5 Å². The van der Waals surface area contributed by atoms with Gasteiger partial charge in [0.25, 0.3) is 0 Å². The van der Waals surface area contributed by atoms with Crippen molar-refractivity contribution in [2.45, 2.75) is 13.8 Å². The molecule has 1 aliphatic rings. The Morgan fingerprint density at radius 2 is 1.68 bits per heavy atom. The molecule has 0 amide bonds. The van der Waals surface area contributed by atoms with E-state index in [-0.39, 0.29) is 0 Å². The van der Waals surface area contributed by atoms with Crippen LogP contribution in [0.3, 0.4) is 0 Å². The number of aryl methyl sites for hydroxylation is 2. The van der Waals surface area contributed by atoms with Crippen molar-refractivity contribution in [3.05, 3.63) is 59.4 Å². The van der Waals surface area contributed by atoms with E-state index in [2.05, 4.69) is 30.9 Å². The Hall–Kier alpha value is -3.47. The largest absolute Gasteiger partial charge is 0.367 e. The molecule has 2 aromatic heterocycles. The molecular weight excluding hydrogens is 357 g/mol. The second-order valence-electron chi connectivity index (χ2n) is 6.82. The van der Waals surface area contributed by atoms with Crippen molar-refractivity contribution in [1.29, 1.82) is 5.26 Å². The predicted octanol–water partition coefficient (Wildman–Crippen LogP) is 2.62. The van der Waals surface area contributed by atoms with E-state index in [1.807, 2.05) is 30.7 Å². The summed E-state index contributed by atoms with van der Waals surface area (Å²) in [7, 11) is 0. The Bertz CT molecular complexity index is 1040. The second-order valence-corrected chi connectivity index (χ2v) is 6.82.